The number of nitrogens with zero attached hydrogens (tertiary/aromatic N) is 2. The molecule has 1 aliphatic heterocycles. The molecule has 186 valence electrons. The van der Waals surface area contributed by atoms with Crippen LogP contribution >= 0.6 is 12.2 Å². The number of anilines is 1. The fraction of sp³-hybridized carbons (Fsp3) is 0.241. The van der Waals surface area contributed by atoms with Crippen molar-refractivity contribution in [3.8, 4) is 23.0 Å². The smallest absolute Gasteiger partial charge is 0.200 e. The average Bonchev–Trinajstić information content (AvgIpc) is 2.88. The second-order valence-corrected chi connectivity index (χ2v) is 9.55. The summed E-state index contributed by atoms with van der Waals surface area (Å²) in [5.74, 6) is 1.52. The molecular weight excluding hydrogens is 472 g/mol. The maximum atomic E-state index is 10.9. The first-order valence-corrected chi connectivity index (χ1v) is 12.0. The summed E-state index contributed by atoms with van der Waals surface area (Å²) in [6.07, 6.45) is 2.31. The third-order valence-electron chi connectivity index (χ3n) is 6.59. The van der Waals surface area contributed by atoms with Gasteiger partial charge in [0.05, 0.1) is 31.7 Å². The Morgan fingerprint density at radius 1 is 1.03 bits per heavy atom. The van der Waals surface area contributed by atoms with Gasteiger partial charge < -0.3 is 24.6 Å². The zero-order chi connectivity index (χ0) is 26.0. The molecule has 0 fully saturated rings. The van der Waals surface area contributed by atoms with Crippen molar-refractivity contribution in [1.29, 1.82) is 0 Å². The first kappa shape index (κ1) is 25.3. The van der Waals surface area contributed by atoms with Crippen LogP contribution in [0.2, 0.25) is 0 Å². The number of allylic oxidation sites excluding steroid dienone is 1. The molecule has 0 aliphatic carbocycles. The van der Waals surface area contributed by atoms with Crippen LogP contribution in [-0.4, -0.2) is 35.3 Å². The van der Waals surface area contributed by atoms with Gasteiger partial charge in [0.2, 0.25) is 5.11 Å². The van der Waals surface area contributed by atoms with Gasteiger partial charge in [0.25, 0.3) is 0 Å². The molecule has 0 spiro atoms. The van der Waals surface area contributed by atoms with Crippen molar-refractivity contribution in [2.45, 2.75) is 31.7 Å². The van der Waals surface area contributed by atoms with E-state index < -0.39 is 5.41 Å². The van der Waals surface area contributed by atoms with E-state index in [2.05, 4.69) is 6.58 Å². The van der Waals surface area contributed by atoms with Crippen LogP contribution in [0, 0.1) is 0 Å². The van der Waals surface area contributed by atoms with Crippen LogP contribution in [0.3, 0.4) is 0 Å². The van der Waals surface area contributed by atoms with Crippen LogP contribution in [0.1, 0.15) is 43.0 Å². The first-order chi connectivity index (χ1) is 17.2. The van der Waals surface area contributed by atoms with E-state index in [-0.39, 0.29) is 17.5 Å². The predicted octanol–water partition coefficient (Wildman–Crippen LogP) is 6.30. The lowest BCUT2D eigenvalue weighted by Gasteiger charge is -2.38. The maximum absolute atomic E-state index is 10.9. The molecule has 1 aliphatic rings. The van der Waals surface area contributed by atoms with Crippen LogP contribution in [0.5, 0.6) is 23.0 Å². The molecule has 0 saturated heterocycles. The molecule has 36 heavy (non-hydrogen) atoms. The summed E-state index contributed by atoms with van der Waals surface area (Å²) in [6, 6.07) is 17.9. The van der Waals surface area contributed by atoms with Gasteiger partial charge in [-0.3, -0.25) is 0 Å². The Morgan fingerprint density at radius 2 is 1.69 bits per heavy atom. The van der Waals surface area contributed by atoms with E-state index >= 15 is 0 Å². The van der Waals surface area contributed by atoms with Gasteiger partial charge in [-0.15, -0.1) is 6.58 Å². The van der Waals surface area contributed by atoms with Gasteiger partial charge in [-0.1, -0.05) is 32.1 Å². The summed E-state index contributed by atoms with van der Waals surface area (Å²) in [5.41, 5.74) is 3.53. The van der Waals surface area contributed by atoms with Gasteiger partial charge in [-0.05, 0) is 60.2 Å². The number of thiocarbonyl (C=S) groups is 1. The molecule has 0 saturated carbocycles. The SMILES string of the molecule is C=CC(C)(C)c1cc(C2CC(c3ccc(O)cc3)=NC(=S)N2c2ccccc2OC)c(OC)cc1O. The lowest BCUT2D eigenvalue weighted by Crippen LogP contribution is -2.39. The third kappa shape index (κ3) is 4.66. The Balaban J connectivity index is 1.95. The minimum atomic E-state index is -0.483. The molecule has 2 N–H and O–H groups in total. The number of hydrogen-bond acceptors (Lipinski definition) is 5. The molecule has 4 rings (SSSR count). The van der Waals surface area contributed by atoms with E-state index in [0.29, 0.717) is 23.0 Å². The largest absolute Gasteiger partial charge is 0.508 e. The second kappa shape index (κ2) is 10.0. The Hall–Kier alpha value is -3.84. The fourth-order valence-corrected chi connectivity index (χ4v) is 4.79. The van der Waals surface area contributed by atoms with E-state index in [9.17, 15) is 10.2 Å². The first-order valence-electron chi connectivity index (χ1n) is 11.6. The summed E-state index contributed by atoms with van der Waals surface area (Å²) in [4.78, 5) is 6.75. The van der Waals surface area contributed by atoms with E-state index in [4.69, 9.17) is 26.7 Å². The minimum absolute atomic E-state index is 0.134. The Labute approximate surface area is 217 Å². The summed E-state index contributed by atoms with van der Waals surface area (Å²) in [7, 11) is 3.21. The summed E-state index contributed by atoms with van der Waals surface area (Å²) < 4.78 is 11.4. The van der Waals surface area contributed by atoms with Gasteiger partial charge in [0.15, 0.2) is 0 Å². The van der Waals surface area contributed by atoms with Gasteiger partial charge in [-0.25, -0.2) is 4.99 Å². The van der Waals surface area contributed by atoms with Crippen LogP contribution in [0.15, 0.2) is 78.3 Å². The number of rotatable bonds is 7. The lowest BCUT2D eigenvalue weighted by molar-refractivity contribution is 0.394. The van der Waals surface area contributed by atoms with Crippen molar-refractivity contribution >= 4 is 28.7 Å². The number of ether oxygens (including phenoxy) is 2. The van der Waals surface area contributed by atoms with E-state index in [1.54, 1.807) is 32.4 Å². The molecular formula is C29H30N2O4S. The molecule has 1 heterocycles. The van der Waals surface area contributed by atoms with Crippen molar-refractivity contribution in [1.82, 2.24) is 0 Å². The number of aliphatic imine (C=N–C) groups is 1. The standard InChI is InChI=1S/C29H30N2O4S/c1-6-29(2,3)21-15-20(27(35-5)17-25(21)33)24-16-22(18-11-13-19(32)14-12-18)30-28(36)31(24)23-9-7-8-10-26(23)34-4/h6-15,17,24,32-33H,1,16H2,2-5H3. The van der Waals surface area contributed by atoms with Gasteiger partial charge >= 0.3 is 0 Å². The number of phenols is 2. The van der Waals surface area contributed by atoms with Crippen LogP contribution in [0.4, 0.5) is 5.69 Å². The fourth-order valence-electron chi connectivity index (χ4n) is 4.46. The number of hydrogen-bond donors (Lipinski definition) is 2. The highest BCUT2D eigenvalue weighted by Crippen LogP contribution is 2.45. The highest BCUT2D eigenvalue weighted by Gasteiger charge is 2.35. The molecule has 3 aromatic carbocycles. The predicted molar refractivity (Wildman–Crippen MR) is 148 cm³/mol. The monoisotopic (exact) mass is 502 g/mol. The number of benzene rings is 3. The summed E-state index contributed by atoms with van der Waals surface area (Å²) >= 11 is 5.86. The molecule has 0 bridgehead atoms. The molecule has 1 atom stereocenters. The summed E-state index contributed by atoms with van der Waals surface area (Å²) in [5, 5.41) is 21.0. The topological polar surface area (TPSA) is 74.5 Å². The van der Waals surface area contributed by atoms with Gasteiger partial charge in [-0.2, -0.15) is 0 Å². The molecule has 0 radical (unpaired) electrons. The summed E-state index contributed by atoms with van der Waals surface area (Å²) in [6.45, 7) is 7.96. The van der Waals surface area contributed by atoms with E-state index in [1.165, 1.54) is 0 Å². The second-order valence-electron chi connectivity index (χ2n) is 9.19. The highest BCUT2D eigenvalue weighted by atomic mass is 32.1. The van der Waals surface area contributed by atoms with Crippen molar-refractivity contribution < 1.29 is 19.7 Å². The lowest BCUT2D eigenvalue weighted by atomic mass is 9.81. The quantitative estimate of drug-likeness (QED) is 0.292. The molecule has 0 amide bonds. The third-order valence-corrected chi connectivity index (χ3v) is 6.88. The molecule has 6 nitrogen and oxygen atoms in total. The van der Waals surface area contributed by atoms with Crippen LogP contribution in [-0.2, 0) is 5.41 Å². The van der Waals surface area contributed by atoms with Gasteiger partial charge in [0.1, 0.15) is 23.0 Å². The molecule has 0 aromatic heterocycles. The molecule has 7 heteroatoms. The van der Waals surface area contributed by atoms with Crippen molar-refractivity contribution in [3.63, 3.8) is 0 Å². The highest BCUT2D eigenvalue weighted by molar-refractivity contribution is 7.80. The van der Waals surface area contributed by atoms with Crippen molar-refractivity contribution in [2.75, 3.05) is 19.1 Å². The number of aromatic hydroxyl groups is 2. The minimum Gasteiger partial charge on any atom is -0.508 e. The zero-order valence-corrected chi connectivity index (χ0v) is 21.7. The Morgan fingerprint density at radius 3 is 2.33 bits per heavy atom. The van der Waals surface area contributed by atoms with Gasteiger partial charge in [0, 0.05) is 29.0 Å². The Bertz CT molecular complexity index is 1330. The molecule has 1 unspecified atom stereocenters. The van der Waals surface area contributed by atoms with Crippen LogP contribution in [0.25, 0.3) is 0 Å². The van der Waals surface area contributed by atoms with Crippen molar-refractivity contribution in [2.24, 2.45) is 4.99 Å². The van der Waals surface area contributed by atoms with E-state index in [0.717, 1.165) is 28.1 Å². The van der Waals surface area contributed by atoms with Crippen LogP contribution < -0.4 is 14.4 Å². The number of methoxy groups -OCH3 is 2. The number of phenolic OH excluding ortho intramolecular Hbond substituents is 2. The maximum Gasteiger partial charge on any atom is 0.200 e. The van der Waals surface area contributed by atoms with E-state index in [1.807, 2.05) is 67.3 Å². The molecule has 3 aromatic rings. The zero-order valence-electron chi connectivity index (χ0n) is 20.9. The normalized spacial score (nSPS) is 15.9. The Kier molecular flexibility index (Phi) is 7.04. The number of para-hydroxylation sites is 2. The average molecular weight is 503 g/mol. The van der Waals surface area contributed by atoms with Crippen molar-refractivity contribution in [3.05, 3.63) is 90.0 Å².